The molecule has 2 N–H and O–H groups in total. The van der Waals surface area contributed by atoms with Gasteiger partial charge in [-0.3, -0.25) is 9.59 Å². The van der Waals surface area contributed by atoms with Crippen molar-refractivity contribution < 1.29 is 19.1 Å². The molecule has 0 saturated carbocycles. The van der Waals surface area contributed by atoms with Gasteiger partial charge in [-0.2, -0.15) is 0 Å². The highest BCUT2D eigenvalue weighted by Crippen LogP contribution is 2.27. The maximum Gasteiger partial charge on any atom is 0.268 e. The zero-order chi connectivity index (χ0) is 24.0. The van der Waals surface area contributed by atoms with E-state index in [1.807, 2.05) is 50.4 Å². The summed E-state index contributed by atoms with van der Waals surface area (Å²) < 4.78 is 10.5. The Hall–Kier alpha value is -3.58. The van der Waals surface area contributed by atoms with Gasteiger partial charge in [0.15, 0.2) is 11.5 Å². The highest BCUT2D eigenvalue weighted by atomic mass is 32.1. The van der Waals surface area contributed by atoms with Gasteiger partial charge < -0.3 is 20.1 Å². The molecule has 0 saturated heterocycles. The van der Waals surface area contributed by atoms with Gasteiger partial charge >= 0.3 is 0 Å². The average Bonchev–Trinajstić information content (AvgIpc) is 3.31. The summed E-state index contributed by atoms with van der Waals surface area (Å²) in [6.07, 6.45) is 1.67. The van der Waals surface area contributed by atoms with Gasteiger partial charge in [0.25, 0.3) is 11.8 Å². The number of rotatable bonds is 8. The first-order valence-corrected chi connectivity index (χ1v) is 11.4. The van der Waals surface area contributed by atoms with Crippen LogP contribution >= 0.6 is 11.3 Å². The fourth-order valence-corrected chi connectivity index (χ4v) is 4.17. The quantitative estimate of drug-likeness (QED) is 0.459. The Morgan fingerprint density at radius 1 is 1.00 bits per heavy atom. The Morgan fingerprint density at radius 2 is 1.76 bits per heavy atom. The van der Waals surface area contributed by atoms with Gasteiger partial charge in [-0.25, -0.2) is 0 Å². The first-order chi connectivity index (χ1) is 15.8. The summed E-state index contributed by atoms with van der Waals surface area (Å²) in [5.41, 5.74) is 3.79. The van der Waals surface area contributed by atoms with E-state index in [0.29, 0.717) is 17.1 Å². The zero-order valence-corrected chi connectivity index (χ0v) is 20.2. The second-order valence-corrected chi connectivity index (χ2v) is 8.63. The van der Waals surface area contributed by atoms with Gasteiger partial charge in [0, 0.05) is 10.4 Å². The number of thiophene rings is 1. The number of carbonyl (C=O) groups is 2. The standard InChI is InChI=1S/C26H28N2O4S/c1-16-8-10-21(17(2)13-16)18(3)27-26(30)22(15-20-7-6-12-33-20)28-25(29)19-9-11-23(31-4)24(14-19)32-5/h6-15,18H,1-5H3,(H,27,30)(H,28,29)/b22-15-. The SMILES string of the molecule is COc1ccc(C(=O)N/C(=C\c2cccs2)C(=O)NC(C)c2ccc(C)cc2C)cc1OC. The molecule has 1 heterocycles. The number of hydrogen-bond acceptors (Lipinski definition) is 5. The number of aryl methyl sites for hydroxylation is 2. The van der Waals surface area contributed by atoms with Crippen LogP contribution in [-0.4, -0.2) is 26.0 Å². The van der Waals surface area contributed by atoms with Gasteiger partial charge in [0.1, 0.15) is 5.70 Å². The molecule has 7 heteroatoms. The van der Waals surface area contributed by atoms with E-state index in [1.54, 1.807) is 24.3 Å². The number of ether oxygens (including phenoxy) is 2. The van der Waals surface area contributed by atoms with Gasteiger partial charge in [-0.1, -0.05) is 29.8 Å². The molecule has 2 aromatic carbocycles. The molecule has 1 aromatic heterocycles. The van der Waals surface area contributed by atoms with Crippen molar-refractivity contribution in [1.82, 2.24) is 10.6 Å². The molecule has 1 unspecified atom stereocenters. The lowest BCUT2D eigenvalue weighted by Gasteiger charge is -2.19. The number of methoxy groups -OCH3 is 2. The predicted octanol–water partition coefficient (Wildman–Crippen LogP) is 5.03. The van der Waals surface area contributed by atoms with E-state index < -0.39 is 5.91 Å². The molecule has 1 atom stereocenters. The number of nitrogens with one attached hydrogen (secondary N) is 2. The second kappa shape index (κ2) is 10.8. The van der Waals surface area contributed by atoms with Crippen LogP contribution in [-0.2, 0) is 4.79 Å². The minimum atomic E-state index is -0.423. The highest BCUT2D eigenvalue weighted by Gasteiger charge is 2.19. The Balaban J connectivity index is 1.84. The fourth-order valence-electron chi connectivity index (χ4n) is 3.51. The largest absolute Gasteiger partial charge is 0.493 e. The first-order valence-electron chi connectivity index (χ1n) is 10.5. The average molecular weight is 465 g/mol. The number of amides is 2. The predicted molar refractivity (Wildman–Crippen MR) is 132 cm³/mol. The van der Waals surface area contributed by atoms with E-state index in [0.717, 1.165) is 21.6 Å². The first kappa shape index (κ1) is 24.1. The number of carbonyl (C=O) groups excluding carboxylic acids is 2. The summed E-state index contributed by atoms with van der Waals surface area (Å²) in [6, 6.07) is 14.5. The van der Waals surface area contributed by atoms with Crippen LogP contribution in [0.4, 0.5) is 0 Å². The Morgan fingerprint density at radius 3 is 2.39 bits per heavy atom. The number of hydrogen-bond donors (Lipinski definition) is 2. The summed E-state index contributed by atoms with van der Waals surface area (Å²) in [5.74, 6) is 0.156. The van der Waals surface area contributed by atoms with E-state index in [9.17, 15) is 9.59 Å². The normalized spacial score (nSPS) is 12.1. The van der Waals surface area contributed by atoms with Gasteiger partial charge in [0.2, 0.25) is 0 Å². The molecule has 0 fully saturated rings. The van der Waals surface area contributed by atoms with Crippen molar-refractivity contribution in [3.05, 3.63) is 86.7 Å². The molecular formula is C26H28N2O4S. The summed E-state index contributed by atoms with van der Waals surface area (Å²) >= 11 is 1.48. The summed E-state index contributed by atoms with van der Waals surface area (Å²) in [6.45, 7) is 5.98. The molecular weight excluding hydrogens is 436 g/mol. The molecule has 0 aliphatic carbocycles. The molecule has 172 valence electrons. The molecule has 33 heavy (non-hydrogen) atoms. The van der Waals surface area contributed by atoms with E-state index in [2.05, 4.69) is 16.7 Å². The van der Waals surface area contributed by atoms with Crippen LogP contribution in [0.1, 0.15) is 44.9 Å². The summed E-state index contributed by atoms with van der Waals surface area (Å²) in [5, 5.41) is 7.68. The van der Waals surface area contributed by atoms with Crippen molar-refractivity contribution in [1.29, 1.82) is 0 Å². The highest BCUT2D eigenvalue weighted by molar-refractivity contribution is 7.10. The van der Waals surface area contributed by atoms with Crippen LogP contribution in [0.2, 0.25) is 0 Å². The molecule has 0 aliphatic heterocycles. The second-order valence-electron chi connectivity index (χ2n) is 7.65. The van der Waals surface area contributed by atoms with E-state index in [1.165, 1.54) is 25.6 Å². The molecule has 3 aromatic rings. The van der Waals surface area contributed by atoms with E-state index in [-0.39, 0.29) is 17.6 Å². The topological polar surface area (TPSA) is 76.7 Å². The van der Waals surface area contributed by atoms with Crippen LogP contribution in [0, 0.1) is 13.8 Å². The lowest BCUT2D eigenvalue weighted by Crippen LogP contribution is -2.36. The van der Waals surface area contributed by atoms with Crippen LogP contribution in [0.5, 0.6) is 11.5 Å². The van der Waals surface area contributed by atoms with Crippen molar-refractivity contribution in [2.75, 3.05) is 14.2 Å². The van der Waals surface area contributed by atoms with Crippen molar-refractivity contribution in [2.45, 2.75) is 26.8 Å². The smallest absolute Gasteiger partial charge is 0.268 e. The van der Waals surface area contributed by atoms with Crippen LogP contribution < -0.4 is 20.1 Å². The van der Waals surface area contributed by atoms with E-state index >= 15 is 0 Å². The monoisotopic (exact) mass is 464 g/mol. The van der Waals surface area contributed by atoms with Crippen molar-refractivity contribution in [2.24, 2.45) is 0 Å². The fraction of sp³-hybridized carbons (Fsp3) is 0.231. The molecule has 2 amide bonds. The van der Waals surface area contributed by atoms with Crippen molar-refractivity contribution in [3.63, 3.8) is 0 Å². The van der Waals surface area contributed by atoms with Gasteiger partial charge in [-0.15, -0.1) is 11.3 Å². The minimum Gasteiger partial charge on any atom is -0.493 e. The molecule has 0 aliphatic rings. The van der Waals surface area contributed by atoms with Crippen LogP contribution in [0.25, 0.3) is 6.08 Å². The molecule has 3 rings (SSSR count). The summed E-state index contributed by atoms with van der Waals surface area (Å²) in [4.78, 5) is 27.0. The third-order valence-corrected chi connectivity index (χ3v) is 6.03. The Labute approximate surface area is 198 Å². The molecule has 0 radical (unpaired) electrons. The third kappa shape index (κ3) is 6.02. The van der Waals surface area contributed by atoms with Gasteiger partial charge in [0.05, 0.1) is 20.3 Å². The van der Waals surface area contributed by atoms with Crippen molar-refractivity contribution >= 4 is 29.2 Å². The molecule has 6 nitrogen and oxygen atoms in total. The van der Waals surface area contributed by atoms with Crippen LogP contribution in [0.15, 0.2) is 59.6 Å². The lowest BCUT2D eigenvalue weighted by atomic mass is 10.0. The maximum absolute atomic E-state index is 13.2. The third-order valence-electron chi connectivity index (χ3n) is 5.21. The minimum absolute atomic E-state index is 0.161. The lowest BCUT2D eigenvalue weighted by molar-refractivity contribution is -0.118. The Kier molecular flexibility index (Phi) is 7.90. The summed E-state index contributed by atoms with van der Waals surface area (Å²) in [7, 11) is 3.03. The van der Waals surface area contributed by atoms with E-state index in [4.69, 9.17) is 9.47 Å². The maximum atomic E-state index is 13.2. The zero-order valence-electron chi connectivity index (χ0n) is 19.4. The van der Waals surface area contributed by atoms with Gasteiger partial charge in [-0.05, 0) is 67.6 Å². The molecule has 0 bridgehead atoms. The number of benzene rings is 2. The Bertz CT molecular complexity index is 1170. The van der Waals surface area contributed by atoms with Crippen molar-refractivity contribution in [3.8, 4) is 11.5 Å². The molecule has 0 spiro atoms. The van der Waals surface area contributed by atoms with Crippen LogP contribution in [0.3, 0.4) is 0 Å².